The molecule has 18 heavy (non-hydrogen) atoms. The molecule has 1 aromatic heterocycles. The van der Waals surface area contributed by atoms with E-state index in [1.807, 2.05) is 12.2 Å². The van der Waals surface area contributed by atoms with Gasteiger partial charge in [-0.05, 0) is 6.07 Å². The minimum atomic E-state index is -0.0971. The summed E-state index contributed by atoms with van der Waals surface area (Å²) in [6.45, 7) is 1.03. The number of fused-ring (bicyclic) bond motifs is 1. The van der Waals surface area contributed by atoms with Crippen molar-refractivity contribution in [1.29, 1.82) is 0 Å². The predicted octanol–water partition coefficient (Wildman–Crippen LogP) is 1.94. The number of nitrogens with zero attached hydrogens (tertiary/aromatic N) is 2. The van der Waals surface area contributed by atoms with Gasteiger partial charge in [0.05, 0.1) is 0 Å². The molecule has 0 N–H and O–H groups in total. The van der Waals surface area contributed by atoms with E-state index < -0.39 is 0 Å². The van der Waals surface area contributed by atoms with Crippen molar-refractivity contribution in [3.63, 3.8) is 0 Å². The van der Waals surface area contributed by atoms with Gasteiger partial charge in [0, 0.05) is 44.2 Å². The number of hydrogen-bond acceptors (Lipinski definition) is 2. The normalized spacial score (nSPS) is 16.2. The Kier molecular flexibility index (Phi) is 3.87. The van der Waals surface area contributed by atoms with Crippen LogP contribution in [0, 0.1) is 0 Å². The molecule has 0 saturated heterocycles. The molecule has 96 valence electrons. The second kappa shape index (κ2) is 5.40. The Bertz CT molecular complexity index is 505. The van der Waals surface area contributed by atoms with Gasteiger partial charge in [-0.1, -0.05) is 12.2 Å². The fraction of sp³-hybridized carbons (Fsp3) is 0.385. The number of ketones is 1. The van der Waals surface area contributed by atoms with E-state index in [1.165, 1.54) is 0 Å². The van der Waals surface area contributed by atoms with E-state index in [1.54, 1.807) is 28.8 Å². The number of carbonyl (C=O) groups excluding carboxylic acids is 2. The summed E-state index contributed by atoms with van der Waals surface area (Å²) >= 11 is 5.56. The average molecular weight is 267 g/mol. The highest BCUT2D eigenvalue weighted by molar-refractivity contribution is 6.18. The van der Waals surface area contributed by atoms with Crippen LogP contribution in [-0.4, -0.2) is 40.6 Å². The number of alkyl halides is 1. The van der Waals surface area contributed by atoms with Crippen molar-refractivity contribution in [3.8, 4) is 0 Å². The monoisotopic (exact) mass is 266 g/mol. The van der Waals surface area contributed by atoms with Crippen molar-refractivity contribution in [2.75, 3.05) is 19.5 Å². The molecule has 4 nitrogen and oxygen atoms in total. The van der Waals surface area contributed by atoms with Crippen molar-refractivity contribution in [3.05, 3.63) is 35.7 Å². The molecule has 1 aliphatic rings. The summed E-state index contributed by atoms with van der Waals surface area (Å²) in [4.78, 5) is 25.7. The number of Topliss-reactive ketones (excluding diaryl/α,β-unsaturated/α-hetero) is 1. The van der Waals surface area contributed by atoms with E-state index in [0.717, 1.165) is 0 Å². The number of aromatic nitrogens is 1. The number of rotatable bonds is 3. The molecule has 2 rings (SSSR count). The molecule has 5 heteroatoms. The molecule has 0 fully saturated rings. The van der Waals surface area contributed by atoms with Crippen LogP contribution >= 0.6 is 11.6 Å². The minimum absolute atomic E-state index is 0.0303. The minimum Gasteiger partial charge on any atom is -0.340 e. The lowest BCUT2D eigenvalue weighted by molar-refractivity contribution is 0.0788. The Morgan fingerprint density at radius 3 is 2.89 bits per heavy atom. The number of carbonyl (C=O) groups is 2. The fourth-order valence-electron chi connectivity index (χ4n) is 2.03. The van der Waals surface area contributed by atoms with Gasteiger partial charge >= 0.3 is 0 Å². The van der Waals surface area contributed by atoms with Crippen LogP contribution in [-0.2, 0) is 6.54 Å². The molecule has 0 saturated carbocycles. The fourth-order valence-corrected chi connectivity index (χ4v) is 2.15. The summed E-state index contributed by atoms with van der Waals surface area (Å²) in [6, 6.07) is 1.73. The van der Waals surface area contributed by atoms with Crippen LogP contribution in [0.5, 0.6) is 0 Å². The summed E-state index contributed by atoms with van der Waals surface area (Å²) in [5.74, 6) is 0.374. The van der Waals surface area contributed by atoms with Gasteiger partial charge in [0.1, 0.15) is 5.69 Å². The molecule has 2 heterocycles. The van der Waals surface area contributed by atoms with Crippen molar-refractivity contribution in [2.45, 2.75) is 13.0 Å². The van der Waals surface area contributed by atoms with Crippen LogP contribution in [0.1, 0.15) is 27.3 Å². The summed E-state index contributed by atoms with van der Waals surface area (Å²) < 4.78 is 1.79. The zero-order valence-corrected chi connectivity index (χ0v) is 11.0. The molecular weight excluding hydrogens is 252 g/mol. The van der Waals surface area contributed by atoms with Crippen molar-refractivity contribution in [2.24, 2.45) is 0 Å². The third-order valence-corrected chi connectivity index (χ3v) is 3.22. The van der Waals surface area contributed by atoms with Crippen LogP contribution in [0.2, 0.25) is 0 Å². The van der Waals surface area contributed by atoms with E-state index >= 15 is 0 Å². The lowest BCUT2D eigenvalue weighted by Crippen LogP contribution is -2.28. The van der Waals surface area contributed by atoms with E-state index in [0.29, 0.717) is 36.6 Å². The third kappa shape index (κ3) is 2.34. The Hall–Kier alpha value is -1.55. The van der Waals surface area contributed by atoms with Crippen LogP contribution in [0.4, 0.5) is 0 Å². The van der Waals surface area contributed by atoms with Crippen LogP contribution in [0.15, 0.2) is 24.4 Å². The first kappa shape index (κ1) is 12.9. The molecule has 1 aliphatic heterocycles. The second-order valence-corrected chi connectivity index (χ2v) is 4.56. The highest BCUT2D eigenvalue weighted by Gasteiger charge is 2.27. The maximum Gasteiger partial charge on any atom is 0.270 e. The van der Waals surface area contributed by atoms with Gasteiger partial charge in [-0.25, -0.2) is 0 Å². The van der Waals surface area contributed by atoms with Gasteiger partial charge in [0.2, 0.25) is 0 Å². The zero-order valence-electron chi connectivity index (χ0n) is 10.2. The van der Waals surface area contributed by atoms with Crippen LogP contribution in [0.3, 0.4) is 0 Å². The standard InChI is InChI=1S/C13H15ClN2O2/c1-15-8-5-11(17)10-4-9-16(7-3-2-6-14)12(10)13(15)18/h2-4,9H,5-8H2,1H3/b3-2+. The molecule has 0 aliphatic carbocycles. The summed E-state index contributed by atoms with van der Waals surface area (Å²) in [7, 11) is 1.72. The predicted molar refractivity (Wildman–Crippen MR) is 70.2 cm³/mol. The van der Waals surface area contributed by atoms with Gasteiger partial charge < -0.3 is 9.47 Å². The number of halogens is 1. The average Bonchev–Trinajstić information content (AvgIpc) is 2.74. The van der Waals surface area contributed by atoms with Gasteiger partial charge in [-0.15, -0.1) is 11.6 Å². The lowest BCUT2D eigenvalue weighted by Gasteiger charge is -2.15. The molecule has 0 spiro atoms. The highest BCUT2D eigenvalue weighted by Crippen LogP contribution is 2.19. The molecule has 0 unspecified atom stereocenters. The van der Waals surface area contributed by atoms with E-state index in [-0.39, 0.29) is 11.7 Å². The summed E-state index contributed by atoms with van der Waals surface area (Å²) in [5, 5.41) is 0. The maximum absolute atomic E-state index is 12.2. The summed E-state index contributed by atoms with van der Waals surface area (Å²) in [6.07, 6.45) is 5.87. The number of amides is 1. The van der Waals surface area contributed by atoms with E-state index in [9.17, 15) is 9.59 Å². The molecule has 1 amide bonds. The quantitative estimate of drug-likeness (QED) is 0.620. The topological polar surface area (TPSA) is 42.3 Å². The van der Waals surface area contributed by atoms with Crippen LogP contribution < -0.4 is 0 Å². The summed E-state index contributed by atoms with van der Waals surface area (Å²) in [5.41, 5.74) is 1.02. The smallest absolute Gasteiger partial charge is 0.270 e. The Balaban J connectivity index is 2.38. The first-order valence-electron chi connectivity index (χ1n) is 5.84. The van der Waals surface area contributed by atoms with Crippen molar-refractivity contribution < 1.29 is 9.59 Å². The lowest BCUT2D eigenvalue weighted by atomic mass is 10.1. The SMILES string of the molecule is CN1CCC(=O)c2ccn(C/C=C/CCl)c2C1=O. The van der Waals surface area contributed by atoms with E-state index in [4.69, 9.17) is 11.6 Å². The molecule has 0 bridgehead atoms. The van der Waals surface area contributed by atoms with Gasteiger partial charge in [0.25, 0.3) is 5.91 Å². The van der Waals surface area contributed by atoms with Crippen molar-refractivity contribution >= 4 is 23.3 Å². The number of hydrogen-bond donors (Lipinski definition) is 0. The Morgan fingerprint density at radius 1 is 1.39 bits per heavy atom. The van der Waals surface area contributed by atoms with Gasteiger partial charge in [-0.2, -0.15) is 0 Å². The number of allylic oxidation sites excluding steroid dienone is 2. The Labute approximate surface area is 111 Å². The third-order valence-electron chi connectivity index (χ3n) is 3.05. The molecule has 0 radical (unpaired) electrons. The highest BCUT2D eigenvalue weighted by atomic mass is 35.5. The molecule has 1 aromatic rings. The van der Waals surface area contributed by atoms with E-state index in [2.05, 4.69) is 0 Å². The van der Waals surface area contributed by atoms with Gasteiger partial charge in [-0.3, -0.25) is 9.59 Å². The first-order valence-corrected chi connectivity index (χ1v) is 6.37. The first-order chi connectivity index (χ1) is 8.65. The Morgan fingerprint density at radius 2 is 2.17 bits per heavy atom. The molecular formula is C13H15ClN2O2. The van der Waals surface area contributed by atoms with Crippen molar-refractivity contribution in [1.82, 2.24) is 9.47 Å². The molecule has 0 atom stereocenters. The van der Waals surface area contributed by atoms with Gasteiger partial charge in [0.15, 0.2) is 5.78 Å². The maximum atomic E-state index is 12.2. The molecule has 0 aromatic carbocycles. The largest absolute Gasteiger partial charge is 0.340 e. The van der Waals surface area contributed by atoms with Crippen LogP contribution in [0.25, 0.3) is 0 Å². The second-order valence-electron chi connectivity index (χ2n) is 4.26. The zero-order chi connectivity index (χ0) is 13.1.